The molecule has 0 radical (unpaired) electrons. The summed E-state index contributed by atoms with van der Waals surface area (Å²) in [5, 5.41) is 2.51. The second-order valence-electron chi connectivity index (χ2n) is 5.79. The SMILES string of the molecule is CN(C(=O)N(c1ccc(F)cc1)C1CCCCC1)c1nccs1. The van der Waals surface area contributed by atoms with E-state index in [2.05, 4.69) is 4.98 Å². The highest BCUT2D eigenvalue weighted by molar-refractivity contribution is 7.13. The third-order valence-electron chi connectivity index (χ3n) is 4.24. The van der Waals surface area contributed by atoms with Gasteiger partial charge in [0.2, 0.25) is 0 Å². The van der Waals surface area contributed by atoms with Crippen LogP contribution in [0, 0.1) is 5.82 Å². The van der Waals surface area contributed by atoms with E-state index in [0.29, 0.717) is 5.13 Å². The Morgan fingerprint density at radius 3 is 2.52 bits per heavy atom. The zero-order valence-electron chi connectivity index (χ0n) is 13.1. The number of amides is 2. The van der Waals surface area contributed by atoms with Crippen LogP contribution < -0.4 is 9.80 Å². The number of nitrogens with zero attached hydrogens (tertiary/aromatic N) is 3. The smallest absolute Gasteiger partial charge is 0.291 e. The van der Waals surface area contributed by atoms with Crippen molar-refractivity contribution in [1.82, 2.24) is 4.98 Å². The normalized spacial score (nSPS) is 15.4. The fraction of sp³-hybridized carbons (Fsp3) is 0.412. The van der Waals surface area contributed by atoms with Gasteiger partial charge >= 0.3 is 6.03 Å². The van der Waals surface area contributed by atoms with Gasteiger partial charge < -0.3 is 0 Å². The summed E-state index contributed by atoms with van der Waals surface area (Å²) in [4.78, 5) is 20.6. The number of rotatable bonds is 3. The maximum atomic E-state index is 13.3. The lowest BCUT2D eigenvalue weighted by Crippen LogP contribution is -2.48. The number of aromatic nitrogens is 1. The quantitative estimate of drug-likeness (QED) is 0.818. The van der Waals surface area contributed by atoms with Gasteiger partial charge in [-0.3, -0.25) is 9.80 Å². The van der Waals surface area contributed by atoms with Crippen LogP contribution in [0.5, 0.6) is 0 Å². The molecule has 0 saturated heterocycles. The second kappa shape index (κ2) is 7.08. The maximum Gasteiger partial charge on any atom is 0.330 e. The molecule has 0 atom stereocenters. The summed E-state index contributed by atoms with van der Waals surface area (Å²) >= 11 is 1.43. The van der Waals surface area contributed by atoms with Crippen LogP contribution in [0.25, 0.3) is 0 Å². The first kappa shape index (κ1) is 15.9. The Kier molecular flexibility index (Phi) is 4.91. The molecule has 2 amide bonds. The third kappa shape index (κ3) is 3.52. The third-order valence-corrected chi connectivity index (χ3v) is 5.09. The standard InChI is InChI=1S/C17H20FN3OS/c1-20(16-19-11-12-23-16)17(22)21(14-5-3-2-4-6-14)15-9-7-13(18)8-10-15/h7-12,14H,2-6H2,1H3. The minimum Gasteiger partial charge on any atom is -0.291 e. The largest absolute Gasteiger partial charge is 0.330 e. The molecule has 3 rings (SSSR count). The van der Waals surface area contributed by atoms with Crippen LogP contribution in [0.1, 0.15) is 32.1 Å². The van der Waals surface area contributed by atoms with Crippen molar-refractivity contribution in [3.63, 3.8) is 0 Å². The summed E-state index contributed by atoms with van der Waals surface area (Å²) in [6, 6.07) is 6.21. The molecule has 0 bridgehead atoms. The van der Waals surface area contributed by atoms with Gasteiger partial charge in [0.05, 0.1) is 0 Å². The minimum atomic E-state index is -0.293. The van der Waals surface area contributed by atoms with E-state index < -0.39 is 0 Å². The number of carbonyl (C=O) groups is 1. The van der Waals surface area contributed by atoms with E-state index in [1.807, 2.05) is 5.38 Å². The van der Waals surface area contributed by atoms with Crippen molar-refractivity contribution in [3.8, 4) is 0 Å². The summed E-state index contributed by atoms with van der Waals surface area (Å²) in [6.07, 6.45) is 7.10. The molecule has 1 aromatic carbocycles. The van der Waals surface area contributed by atoms with E-state index >= 15 is 0 Å². The van der Waals surface area contributed by atoms with Crippen molar-refractivity contribution >= 4 is 28.2 Å². The predicted octanol–water partition coefficient (Wildman–Crippen LogP) is 4.68. The molecule has 1 aromatic heterocycles. The topological polar surface area (TPSA) is 36.4 Å². The Balaban J connectivity index is 1.90. The maximum absolute atomic E-state index is 13.3. The van der Waals surface area contributed by atoms with E-state index in [1.165, 1.54) is 29.9 Å². The van der Waals surface area contributed by atoms with Crippen LogP contribution in [0.2, 0.25) is 0 Å². The average Bonchev–Trinajstić information content (AvgIpc) is 3.11. The average molecular weight is 333 g/mol. The van der Waals surface area contributed by atoms with E-state index in [4.69, 9.17) is 0 Å². The molecule has 23 heavy (non-hydrogen) atoms. The van der Waals surface area contributed by atoms with Gasteiger partial charge in [-0.25, -0.2) is 14.2 Å². The number of benzene rings is 1. The predicted molar refractivity (Wildman–Crippen MR) is 91.7 cm³/mol. The van der Waals surface area contributed by atoms with Crippen LogP contribution in [0.3, 0.4) is 0 Å². The molecule has 2 aromatic rings. The molecule has 6 heteroatoms. The molecule has 1 aliphatic carbocycles. The number of halogens is 1. The van der Waals surface area contributed by atoms with E-state index in [-0.39, 0.29) is 17.9 Å². The zero-order chi connectivity index (χ0) is 16.2. The van der Waals surface area contributed by atoms with Gasteiger partial charge in [0.25, 0.3) is 0 Å². The highest BCUT2D eigenvalue weighted by Gasteiger charge is 2.30. The van der Waals surface area contributed by atoms with Crippen molar-refractivity contribution in [2.45, 2.75) is 38.1 Å². The zero-order valence-corrected chi connectivity index (χ0v) is 13.9. The van der Waals surface area contributed by atoms with Gasteiger partial charge in [0.1, 0.15) is 5.82 Å². The van der Waals surface area contributed by atoms with Gasteiger partial charge in [-0.1, -0.05) is 19.3 Å². The highest BCUT2D eigenvalue weighted by atomic mass is 32.1. The summed E-state index contributed by atoms with van der Waals surface area (Å²) in [6.45, 7) is 0. The van der Waals surface area contributed by atoms with Gasteiger partial charge in [0.15, 0.2) is 5.13 Å². The van der Waals surface area contributed by atoms with Crippen LogP contribution in [0.15, 0.2) is 35.8 Å². The summed E-state index contributed by atoms with van der Waals surface area (Å²) in [5.74, 6) is -0.293. The first-order valence-electron chi connectivity index (χ1n) is 7.89. The van der Waals surface area contributed by atoms with Crippen LogP contribution in [0.4, 0.5) is 20.0 Å². The number of hydrogen-bond donors (Lipinski definition) is 0. The molecule has 0 spiro atoms. The van der Waals surface area contributed by atoms with E-state index in [9.17, 15) is 9.18 Å². The Hall–Kier alpha value is -1.95. The van der Waals surface area contributed by atoms with Crippen molar-refractivity contribution < 1.29 is 9.18 Å². The molecule has 1 aliphatic rings. The van der Waals surface area contributed by atoms with Crippen LogP contribution in [-0.4, -0.2) is 24.1 Å². The monoisotopic (exact) mass is 333 g/mol. The number of hydrogen-bond acceptors (Lipinski definition) is 3. The fourth-order valence-electron chi connectivity index (χ4n) is 3.04. The van der Waals surface area contributed by atoms with Gasteiger partial charge in [-0.15, -0.1) is 11.3 Å². The van der Waals surface area contributed by atoms with Crippen molar-refractivity contribution in [1.29, 1.82) is 0 Å². The van der Waals surface area contributed by atoms with Gasteiger partial charge in [-0.2, -0.15) is 0 Å². The van der Waals surface area contributed by atoms with Gasteiger partial charge in [0, 0.05) is 30.4 Å². The fourth-order valence-corrected chi connectivity index (χ4v) is 3.64. The lowest BCUT2D eigenvalue weighted by atomic mass is 9.94. The van der Waals surface area contributed by atoms with Crippen LogP contribution in [-0.2, 0) is 0 Å². The molecular formula is C17H20FN3OS. The molecule has 122 valence electrons. The minimum absolute atomic E-state index is 0.113. The number of urea groups is 1. The van der Waals surface area contributed by atoms with E-state index in [0.717, 1.165) is 31.4 Å². The lowest BCUT2D eigenvalue weighted by Gasteiger charge is -2.36. The molecule has 1 heterocycles. The van der Waals surface area contributed by atoms with Crippen molar-refractivity contribution in [3.05, 3.63) is 41.7 Å². The summed E-state index contributed by atoms with van der Waals surface area (Å²) < 4.78 is 13.3. The highest BCUT2D eigenvalue weighted by Crippen LogP contribution is 2.30. The second-order valence-corrected chi connectivity index (χ2v) is 6.67. The first-order valence-corrected chi connectivity index (χ1v) is 8.77. The van der Waals surface area contributed by atoms with E-state index in [1.54, 1.807) is 35.2 Å². The molecule has 4 nitrogen and oxygen atoms in total. The number of carbonyl (C=O) groups excluding carboxylic acids is 1. The lowest BCUT2D eigenvalue weighted by molar-refractivity contribution is 0.247. The Morgan fingerprint density at radius 2 is 1.91 bits per heavy atom. The molecule has 1 saturated carbocycles. The molecule has 0 unspecified atom stereocenters. The Morgan fingerprint density at radius 1 is 1.22 bits per heavy atom. The summed E-state index contributed by atoms with van der Waals surface area (Å²) in [7, 11) is 1.74. The molecule has 1 fully saturated rings. The Labute approximate surface area is 139 Å². The number of anilines is 2. The Bertz CT molecular complexity index is 638. The summed E-state index contributed by atoms with van der Waals surface area (Å²) in [5.41, 5.74) is 0.742. The molecular weight excluding hydrogens is 313 g/mol. The first-order chi connectivity index (χ1) is 11.2. The molecule has 0 aliphatic heterocycles. The van der Waals surface area contributed by atoms with Crippen molar-refractivity contribution in [2.24, 2.45) is 0 Å². The number of thiazole rings is 1. The van der Waals surface area contributed by atoms with Crippen LogP contribution >= 0.6 is 11.3 Å². The molecule has 0 N–H and O–H groups in total. The van der Waals surface area contributed by atoms with Gasteiger partial charge in [-0.05, 0) is 37.1 Å². The van der Waals surface area contributed by atoms with Crippen molar-refractivity contribution in [2.75, 3.05) is 16.8 Å².